The maximum atomic E-state index is 13.5. The highest BCUT2D eigenvalue weighted by atomic mass is 19.1. The van der Waals surface area contributed by atoms with Crippen molar-refractivity contribution in [3.63, 3.8) is 0 Å². The Labute approximate surface area is 149 Å². The molecule has 1 atom stereocenters. The fraction of sp³-hybridized carbons (Fsp3) is 0.350. The van der Waals surface area contributed by atoms with Gasteiger partial charge in [-0.05, 0) is 55.9 Å². The third-order valence-corrected chi connectivity index (χ3v) is 4.09. The molecule has 0 heterocycles. The third-order valence-electron chi connectivity index (χ3n) is 4.09. The van der Waals surface area contributed by atoms with Gasteiger partial charge in [-0.25, -0.2) is 4.39 Å². The van der Waals surface area contributed by atoms with Crippen molar-refractivity contribution >= 4 is 11.6 Å². The molecule has 2 aromatic rings. The van der Waals surface area contributed by atoms with E-state index in [4.69, 9.17) is 0 Å². The number of amides is 1. The molecule has 0 aliphatic carbocycles. The Morgan fingerprint density at radius 2 is 1.76 bits per heavy atom. The van der Waals surface area contributed by atoms with Crippen molar-refractivity contribution in [1.82, 2.24) is 10.2 Å². The van der Waals surface area contributed by atoms with Crippen molar-refractivity contribution in [3.8, 4) is 0 Å². The molecular weight excluding hydrogens is 317 g/mol. The Morgan fingerprint density at radius 1 is 1.08 bits per heavy atom. The van der Waals surface area contributed by atoms with E-state index in [1.54, 1.807) is 17.0 Å². The summed E-state index contributed by atoms with van der Waals surface area (Å²) in [6.45, 7) is 0.541. The molecule has 0 spiro atoms. The summed E-state index contributed by atoms with van der Waals surface area (Å²) >= 11 is 0. The van der Waals surface area contributed by atoms with Crippen LogP contribution in [0.2, 0.25) is 0 Å². The van der Waals surface area contributed by atoms with E-state index in [1.165, 1.54) is 12.1 Å². The molecule has 134 valence electrons. The van der Waals surface area contributed by atoms with Gasteiger partial charge < -0.3 is 10.2 Å². The maximum absolute atomic E-state index is 13.5. The predicted molar refractivity (Wildman–Crippen MR) is 100 cm³/mol. The minimum atomic E-state index is -0.508. The average molecular weight is 343 g/mol. The SMILES string of the molecule is CN(C)c1ccc(CCNC(=O)[C@@H](c2cccc(F)c2)N(C)C)cc1. The fourth-order valence-electron chi connectivity index (χ4n) is 2.75. The first-order valence-electron chi connectivity index (χ1n) is 8.34. The zero-order valence-electron chi connectivity index (χ0n) is 15.3. The average Bonchev–Trinajstić information content (AvgIpc) is 2.55. The molecule has 0 unspecified atom stereocenters. The minimum absolute atomic E-state index is 0.125. The molecule has 1 N–H and O–H groups in total. The van der Waals surface area contributed by atoms with Crippen LogP contribution in [0.15, 0.2) is 48.5 Å². The summed E-state index contributed by atoms with van der Waals surface area (Å²) in [5.74, 6) is -0.460. The van der Waals surface area contributed by atoms with E-state index >= 15 is 0 Å². The van der Waals surface area contributed by atoms with E-state index in [-0.39, 0.29) is 11.7 Å². The molecule has 0 aromatic heterocycles. The summed E-state index contributed by atoms with van der Waals surface area (Å²) in [4.78, 5) is 16.4. The Kier molecular flexibility index (Phi) is 6.53. The van der Waals surface area contributed by atoms with Gasteiger partial charge in [0, 0.05) is 26.3 Å². The van der Waals surface area contributed by atoms with Crippen molar-refractivity contribution in [1.29, 1.82) is 0 Å². The molecule has 25 heavy (non-hydrogen) atoms. The number of carbonyl (C=O) groups is 1. The van der Waals surface area contributed by atoms with Gasteiger partial charge in [0.25, 0.3) is 0 Å². The third kappa shape index (κ3) is 5.29. The molecule has 1 amide bonds. The van der Waals surface area contributed by atoms with Crippen molar-refractivity contribution in [2.75, 3.05) is 39.6 Å². The summed E-state index contributed by atoms with van der Waals surface area (Å²) < 4.78 is 13.5. The first kappa shape index (κ1) is 18.9. The van der Waals surface area contributed by atoms with Crippen molar-refractivity contribution in [2.45, 2.75) is 12.5 Å². The topological polar surface area (TPSA) is 35.6 Å². The van der Waals surface area contributed by atoms with Crippen LogP contribution < -0.4 is 10.2 Å². The number of hydrogen-bond donors (Lipinski definition) is 1. The lowest BCUT2D eigenvalue weighted by atomic mass is 10.0. The fourth-order valence-corrected chi connectivity index (χ4v) is 2.75. The lowest BCUT2D eigenvalue weighted by Crippen LogP contribution is -2.38. The molecule has 0 aliphatic heterocycles. The number of rotatable bonds is 7. The highest BCUT2D eigenvalue weighted by Gasteiger charge is 2.22. The van der Waals surface area contributed by atoms with E-state index in [0.717, 1.165) is 17.7 Å². The normalized spacial score (nSPS) is 12.1. The van der Waals surface area contributed by atoms with Crippen LogP contribution in [0.25, 0.3) is 0 Å². The summed E-state index contributed by atoms with van der Waals surface area (Å²) in [6, 6.07) is 13.9. The van der Waals surface area contributed by atoms with Crippen LogP contribution in [0.3, 0.4) is 0 Å². The second kappa shape index (κ2) is 8.62. The van der Waals surface area contributed by atoms with Gasteiger partial charge in [-0.15, -0.1) is 0 Å². The first-order valence-corrected chi connectivity index (χ1v) is 8.34. The smallest absolute Gasteiger partial charge is 0.241 e. The monoisotopic (exact) mass is 343 g/mol. The van der Waals surface area contributed by atoms with Crippen LogP contribution in [-0.4, -0.2) is 45.5 Å². The molecule has 2 rings (SSSR count). The van der Waals surface area contributed by atoms with E-state index < -0.39 is 6.04 Å². The zero-order valence-corrected chi connectivity index (χ0v) is 15.3. The van der Waals surface area contributed by atoms with Crippen LogP contribution in [0, 0.1) is 5.82 Å². The molecule has 0 fully saturated rings. The molecule has 0 aliphatic rings. The Hall–Kier alpha value is -2.40. The van der Waals surface area contributed by atoms with Gasteiger partial charge in [0.15, 0.2) is 0 Å². The highest BCUT2D eigenvalue weighted by Crippen LogP contribution is 2.19. The molecule has 0 radical (unpaired) electrons. The van der Waals surface area contributed by atoms with Gasteiger partial charge in [0.1, 0.15) is 11.9 Å². The molecule has 0 saturated heterocycles. The molecule has 0 bridgehead atoms. The zero-order chi connectivity index (χ0) is 18.4. The van der Waals surface area contributed by atoms with Crippen molar-refractivity contribution in [2.24, 2.45) is 0 Å². The van der Waals surface area contributed by atoms with Gasteiger partial charge in [0.2, 0.25) is 5.91 Å². The number of halogens is 1. The van der Waals surface area contributed by atoms with Crippen LogP contribution in [0.4, 0.5) is 10.1 Å². The Bertz CT molecular complexity index is 698. The number of carbonyl (C=O) groups excluding carboxylic acids is 1. The molecule has 4 nitrogen and oxygen atoms in total. The lowest BCUT2D eigenvalue weighted by molar-refractivity contribution is -0.125. The van der Waals surface area contributed by atoms with Gasteiger partial charge in [-0.1, -0.05) is 24.3 Å². The summed E-state index contributed by atoms with van der Waals surface area (Å²) in [5, 5.41) is 2.95. The maximum Gasteiger partial charge on any atom is 0.241 e. The van der Waals surface area contributed by atoms with Crippen LogP contribution >= 0.6 is 0 Å². The number of nitrogens with zero attached hydrogens (tertiary/aromatic N) is 2. The van der Waals surface area contributed by atoms with Crippen LogP contribution in [0.5, 0.6) is 0 Å². The summed E-state index contributed by atoms with van der Waals surface area (Å²) in [7, 11) is 7.64. The molecule has 2 aromatic carbocycles. The molecule has 0 saturated carbocycles. The second-order valence-electron chi connectivity index (χ2n) is 6.52. The number of hydrogen-bond acceptors (Lipinski definition) is 3. The Balaban J connectivity index is 1.95. The van der Waals surface area contributed by atoms with E-state index in [2.05, 4.69) is 29.6 Å². The van der Waals surface area contributed by atoms with Crippen molar-refractivity contribution in [3.05, 3.63) is 65.5 Å². The van der Waals surface area contributed by atoms with Gasteiger partial charge >= 0.3 is 0 Å². The number of nitrogens with one attached hydrogen (secondary N) is 1. The van der Waals surface area contributed by atoms with Gasteiger partial charge in [0.05, 0.1) is 0 Å². The summed E-state index contributed by atoms with van der Waals surface area (Å²) in [5.41, 5.74) is 2.96. The quantitative estimate of drug-likeness (QED) is 0.840. The van der Waals surface area contributed by atoms with Crippen molar-refractivity contribution < 1.29 is 9.18 Å². The molecule has 5 heteroatoms. The molecular formula is C20H26FN3O. The van der Waals surface area contributed by atoms with Crippen LogP contribution in [0.1, 0.15) is 17.2 Å². The standard InChI is InChI=1S/C20H26FN3O/c1-23(2)18-10-8-15(9-11-18)12-13-22-20(25)19(24(3)4)16-6-5-7-17(21)14-16/h5-11,14,19H,12-13H2,1-4H3,(H,22,25)/t19-/m1/s1. The summed E-state index contributed by atoms with van der Waals surface area (Å²) in [6.07, 6.45) is 0.753. The minimum Gasteiger partial charge on any atom is -0.378 e. The Morgan fingerprint density at radius 3 is 2.32 bits per heavy atom. The van der Waals surface area contributed by atoms with Gasteiger partial charge in [-0.3, -0.25) is 9.69 Å². The number of likely N-dealkylation sites (N-methyl/N-ethyl adjacent to an activating group) is 1. The highest BCUT2D eigenvalue weighted by molar-refractivity contribution is 5.83. The van der Waals surface area contributed by atoms with Gasteiger partial charge in [-0.2, -0.15) is 0 Å². The number of anilines is 1. The second-order valence-corrected chi connectivity index (χ2v) is 6.52. The van der Waals surface area contributed by atoms with E-state index in [9.17, 15) is 9.18 Å². The van der Waals surface area contributed by atoms with Crippen LogP contribution in [-0.2, 0) is 11.2 Å². The van der Waals surface area contributed by atoms with E-state index in [1.807, 2.05) is 33.1 Å². The van der Waals surface area contributed by atoms with E-state index in [0.29, 0.717) is 12.1 Å². The predicted octanol–water partition coefficient (Wildman–Crippen LogP) is 2.85. The first-order chi connectivity index (χ1) is 11.9. The lowest BCUT2D eigenvalue weighted by Gasteiger charge is -2.24. The number of benzene rings is 2. The largest absolute Gasteiger partial charge is 0.378 e.